The van der Waals surface area contributed by atoms with Gasteiger partial charge in [0.05, 0.1) is 5.75 Å². The summed E-state index contributed by atoms with van der Waals surface area (Å²) in [4.78, 5) is 2.34. The summed E-state index contributed by atoms with van der Waals surface area (Å²) in [5.74, 6) is 0.226. The molecule has 1 aromatic carbocycles. The molecule has 0 spiro atoms. The fraction of sp³-hybridized carbons (Fsp3) is 0.625. The third-order valence-corrected chi connectivity index (χ3v) is 5.52. The van der Waals surface area contributed by atoms with Gasteiger partial charge < -0.3 is 5.32 Å². The summed E-state index contributed by atoms with van der Waals surface area (Å²) < 4.78 is 23.0. The number of nitrogens with one attached hydrogen (secondary N) is 1. The van der Waals surface area contributed by atoms with Crippen LogP contribution in [0.3, 0.4) is 0 Å². The summed E-state index contributed by atoms with van der Waals surface area (Å²) in [5, 5.41) is 3.61. The van der Waals surface area contributed by atoms with Crippen molar-refractivity contribution < 1.29 is 8.42 Å². The van der Waals surface area contributed by atoms with Gasteiger partial charge in [-0.05, 0) is 18.9 Å². The predicted molar refractivity (Wildman–Crippen MR) is 87.2 cm³/mol. The Morgan fingerprint density at radius 1 is 1.33 bits per heavy atom. The van der Waals surface area contributed by atoms with Crippen LogP contribution in [0.25, 0.3) is 0 Å². The first kappa shape index (κ1) is 16.5. The molecule has 0 amide bonds. The van der Waals surface area contributed by atoms with Gasteiger partial charge in [0.25, 0.3) is 0 Å². The molecular formula is C16H26N2O2S. The molecule has 4 nitrogen and oxygen atoms in total. The number of nitrogens with zero attached hydrogens (tertiary/aromatic N) is 1. The van der Waals surface area contributed by atoms with Gasteiger partial charge in [-0.15, -0.1) is 0 Å². The third kappa shape index (κ3) is 4.28. The van der Waals surface area contributed by atoms with Gasteiger partial charge in [0.1, 0.15) is 9.84 Å². The first-order chi connectivity index (χ1) is 9.84. The van der Waals surface area contributed by atoms with Gasteiger partial charge in [0.15, 0.2) is 0 Å². The standard InChI is InChI=1S/C16H26N2O2S/c1-4-16(2)13-17-15(14-8-6-5-7-9-14)12-18(16)10-11-21(3,19)20/h5-9,15,17H,4,10-13H2,1-3H3. The van der Waals surface area contributed by atoms with Gasteiger partial charge in [-0.25, -0.2) is 8.42 Å². The lowest BCUT2D eigenvalue weighted by Crippen LogP contribution is -2.60. The molecule has 1 saturated heterocycles. The third-order valence-electron chi connectivity index (χ3n) is 4.59. The van der Waals surface area contributed by atoms with E-state index in [4.69, 9.17) is 0 Å². The lowest BCUT2D eigenvalue weighted by Gasteiger charge is -2.48. The average molecular weight is 310 g/mol. The summed E-state index contributed by atoms with van der Waals surface area (Å²) in [6.07, 6.45) is 2.32. The van der Waals surface area contributed by atoms with Crippen LogP contribution in [0, 0.1) is 0 Å². The molecule has 0 aromatic heterocycles. The molecular weight excluding hydrogens is 284 g/mol. The monoisotopic (exact) mass is 310 g/mol. The van der Waals surface area contributed by atoms with Crippen molar-refractivity contribution in [2.75, 3.05) is 31.6 Å². The van der Waals surface area contributed by atoms with Crippen molar-refractivity contribution in [3.8, 4) is 0 Å². The molecule has 5 heteroatoms. The number of piperazine rings is 1. The molecule has 1 aromatic rings. The smallest absolute Gasteiger partial charge is 0.148 e. The molecule has 2 rings (SSSR count). The van der Waals surface area contributed by atoms with Crippen LogP contribution in [0.15, 0.2) is 30.3 Å². The highest BCUT2D eigenvalue weighted by Crippen LogP contribution is 2.28. The Kier molecular flexibility index (Phi) is 5.07. The zero-order valence-electron chi connectivity index (χ0n) is 13.2. The Morgan fingerprint density at radius 3 is 2.57 bits per heavy atom. The van der Waals surface area contributed by atoms with E-state index in [1.165, 1.54) is 11.8 Å². The maximum Gasteiger partial charge on any atom is 0.148 e. The molecule has 0 aliphatic carbocycles. The Bertz CT molecular complexity index is 559. The lowest BCUT2D eigenvalue weighted by atomic mass is 9.90. The Labute approximate surface area is 128 Å². The summed E-state index contributed by atoms with van der Waals surface area (Å²) in [7, 11) is -2.93. The second kappa shape index (κ2) is 6.46. The van der Waals surface area contributed by atoms with E-state index >= 15 is 0 Å². The number of sulfone groups is 1. The minimum absolute atomic E-state index is 0.0238. The van der Waals surface area contributed by atoms with Gasteiger partial charge in [0.2, 0.25) is 0 Å². The average Bonchev–Trinajstić information content (AvgIpc) is 2.46. The highest BCUT2D eigenvalue weighted by atomic mass is 32.2. The van der Waals surface area contributed by atoms with E-state index in [-0.39, 0.29) is 17.3 Å². The van der Waals surface area contributed by atoms with Gasteiger partial charge >= 0.3 is 0 Å². The molecule has 0 saturated carbocycles. The molecule has 118 valence electrons. The van der Waals surface area contributed by atoms with Crippen molar-refractivity contribution in [2.45, 2.75) is 31.8 Å². The lowest BCUT2D eigenvalue weighted by molar-refractivity contribution is 0.0547. The fourth-order valence-electron chi connectivity index (χ4n) is 2.85. The van der Waals surface area contributed by atoms with Crippen molar-refractivity contribution in [3.05, 3.63) is 35.9 Å². The van der Waals surface area contributed by atoms with Crippen LogP contribution < -0.4 is 5.32 Å². The minimum Gasteiger partial charge on any atom is -0.307 e. The zero-order chi connectivity index (χ0) is 15.5. The molecule has 1 aliphatic heterocycles. The number of hydrogen-bond donors (Lipinski definition) is 1. The topological polar surface area (TPSA) is 49.4 Å². The van der Waals surface area contributed by atoms with E-state index in [9.17, 15) is 8.42 Å². The van der Waals surface area contributed by atoms with Crippen LogP contribution in [0.2, 0.25) is 0 Å². The Balaban J connectivity index is 2.12. The van der Waals surface area contributed by atoms with Gasteiger partial charge in [-0.2, -0.15) is 0 Å². The first-order valence-corrected chi connectivity index (χ1v) is 9.61. The van der Waals surface area contributed by atoms with Crippen molar-refractivity contribution >= 4 is 9.84 Å². The van der Waals surface area contributed by atoms with Crippen LogP contribution in [0.4, 0.5) is 0 Å². The van der Waals surface area contributed by atoms with Crippen molar-refractivity contribution in [1.82, 2.24) is 10.2 Å². The molecule has 1 heterocycles. The molecule has 1 aliphatic rings. The van der Waals surface area contributed by atoms with Crippen molar-refractivity contribution in [2.24, 2.45) is 0 Å². The first-order valence-electron chi connectivity index (χ1n) is 7.55. The number of hydrogen-bond acceptors (Lipinski definition) is 4. The van der Waals surface area contributed by atoms with Crippen LogP contribution in [0.1, 0.15) is 31.9 Å². The summed E-state index contributed by atoms with van der Waals surface area (Å²) >= 11 is 0. The minimum atomic E-state index is -2.93. The highest BCUT2D eigenvalue weighted by molar-refractivity contribution is 7.90. The van der Waals surface area contributed by atoms with Gasteiger partial charge in [-0.3, -0.25) is 4.90 Å². The quantitative estimate of drug-likeness (QED) is 0.902. The second-order valence-electron chi connectivity index (χ2n) is 6.27. The van der Waals surface area contributed by atoms with Crippen LogP contribution in [-0.2, 0) is 9.84 Å². The van der Waals surface area contributed by atoms with E-state index in [1.807, 2.05) is 18.2 Å². The van der Waals surface area contributed by atoms with Crippen LogP contribution in [-0.4, -0.2) is 50.5 Å². The Hall–Kier alpha value is -0.910. The molecule has 2 unspecified atom stereocenters. The van der Waals surface area contributed by atoms with Crippen LogP contribution in [0.5, 0.6) is 0 Å². The normalized spacial score (nSPS) is 27.7. The second-order valence-corrected chi connectivity index (χ2v) is 8.53. The van der Waals surface area contributed by atoms with Gasteiger partial charge in [-0.1, -0.05) is 37.3 Å². The summed E-state index contributed by atoms with van der Waals surface area (Å²) in [5.41, 5.74) is 1.29. The van der Waals surface area contributed by atoms with E-state index < -0.39 is 9.84 Å². The molecule has 0 radical (unpaired) electrons. The fourth-order valence-corrected chi connectivity index (χ4v) is 3.41. The van der Waals surface area contributed by atoms with Crippen LogP contribution >= 0.6 is 0 Å². The molecule has 1 fully saturated rings. The maximum absolute atomic E-state index is 11.5. The number of rotatable bonds is 5. The van der Waals surface area contributed by atoms with E-state index in [1.54, 1.807) is 0 Å². The summed E-state index contributed by atoms with van der Waals surface area (Å²) in [6.45, 7) is 6.71. The SMILES string of the molecule is CCC1(C)CNC(c2ccccc2)CN1CCS(C)(=O)=O. The highest BCUT2D eigenvalue weighted by Gasteiger charge is 2.36. The van der Waals surface area contributed by atoms with Gasteiger partial charge in [0, 0.05) is 37.5 Å². The van der Waals surface area contributed by atoms with E-state index in [2.05, 4.69) is 36.2 Å². The zero-order valence-corrected chi connectivity index (χ0v) is 14.0. The number of benzene rings is 1. The molecule has 1 N–H and O–H groups in total. The van der Waals surface area contributed by atoms with Crippen molar-refractivity contribution in [3.63, 3.8) is 0 Å². The molecule has 0 bridgehead atoms. The maximum atomic E-state index is 11.5. The van der Waals surface area contributed by atoms with E-state index in [0.717, 1.165) is 19.5 Å². The Morgan fingerprint density at radius 2 is 2.00 bits per heavy atom. The largest absolute Gasteiger partial charge is 0.307 e. The van der Waals surface area contributed by atoms with E-state index in [0.29, 0.717) is 6.54 Å². The van der Waals surface area contributed by atoms with Crippen molar-refractivity contribution in [1.29, 1.82) is 0 Å². The molecule has 21 heavy (non-hydrogen) atoms. The molecule has 2 atom stereocenters. The predicted octanol–water partition coefficient (Wildman–Crippen LogP) is 1.85. The summed E-state index contributed by atoms with van der Waals surface area (Å²) in [6, 6.07) is 10.6.